The van der Waals surface area contributed by atoms with Gasteiger partial charge < -0.3 is 10.2 Å². The van der Waals surface area contributed by atoms with Crippen molar-refractivity contribution in [2.75, 3.05) is 39.8 Å². The predicted molar refractivity (Wildman–Crippen MR) is 64.3 cm³/mol. The lowest BCUT2D eigenvalue weighted by Gasteiger charge is -2.28. The lowest BCUT2D eigenvalue weighted by molar-refractivity contribution is -0.130. The molecule has 2 rings (SSSR count). The third kappa shape index (κ3) is 2.95. The van der Waals surface area contributed by atoms with Crippen molar-refractivity contribution in [1.29, 1.82) is 0 Å². The van der Waals surface area contributed by atoms with E-state index in [1.807, 2.05) is 11.9 Å². The van der Waals surface area contributed by atoms with Crippen molar-refractivity contribution in [3.8, 4) is 0 Å². The summed E-state index contributed by atoms with van der Waals surface area (Å²) in [6.07, 6.45) is 4.79. The standard InChI is InChI=1S/C12H23N3O/c1-14-8-3-9-15(10-12(14)16)11-4-2-6-13-7-5-11/h11,13H,2-10H2,1H3. The summed E-state index contributed by atoms with van der Waals surface area (Å²) in [5.41, 5.74) is 0. The zero-order valence-corrected chi connectivity index (χ0v) is 10.2. The van der Waals surface area contributed by atoms with Crippen molar-refractivity contribution in [2.45, 2.75) is 31.7 Å². The summed E-state index contributed by atoms with van der Waals surface area (Å²) in [4.78, 5) is 16.1. The van der Waals surface area contributed by atoms with Crippen LogP contribution in [0, 0.1) is 0 Å². The van der Waals surface area contributed by atoms with Crippen LogP contribution in [-0.4, -0.2) is 61.5 Å². The van der Waals surface area contributed by atoms with E-state index in [2.05, 4.69) is 10.2 Å². The zero-order valence-electron chi connectivity index (χ0n) is 10.2. The molecular formula is C12H23N3O. The van der Waals surface area contributed by atoms with Crippen molar-refractivity contribution in [3.05, 3.63) is 0 Å². The molecule has 4 heteroatoms. The lowest BCUT2D eigenvalue weighted by Crippen LogP contribution is -2.41. The van der Waals surface area contributed by atoms with Crippen LogP contribution in [0.5, 0.6) is 0 Å². The maximum Gasteiger partial charge on any atom is 0.236 e. The average Bonchev–Trinajstić information content (AvgIpc) is 2.62. The number of hydrogen-bond donors (Lipinski definition) is 1. The van der Waals surface area contributed by atoms with E-state index < -0.39 is 0 Å². The molecule has 0 aromatic heterocycles. The third-order valence-corrected chi connectivity index (χ3v) is 3.76. The highest BCUT2D eigenvalue weighted by Gasteiger charge is 2.25. The molecule has 1 amide bonds. The van der Waals surface area contributed by atoms with Crippen LogP contribution in [0.4, 0.5) is 0 Å². The molecule has 0 aromatic carbocycles. The van der Waals surface area contributed by atoms with Crippen LogP contribution in [0.1, 0.15) is 25.7 Å². The summed E-state index contributed by atoms with van der Waals surface area (Å²) >= 11 is 0. The number of nitrogens with zero attached hydrogens (tertiary/aromatic N) is 2. The van der Waals surface area contributed by atoms with Crippen LogP contribution in [0.3, 0.4) is 0 Å². The van der Waals surface area contributed by atoms with Gasteiger partial charge in [-0.15, -0.1) is 0 Å². The SMILES string of the molecule is CN1CCCN(C2CCCNCC2)CC1=O. The monoisotopic (exact) mass is 225 g/mol. The minimum absolute atomic E-state index is 0.287. The first-order valence-corrected chi connectivity index (χ1v) is 6.46. The highest BCUT2D eigenvalue weighted by Crippen LogP contribution is 2.15. The second-order valence-electron chi connectivity index (χ2n) is 4.97. The molecule has 0 radical (unpaired) electrons. The van der Waals surface area contributed by atoms with Crippen molar-refractivity contribution in [1.82, 2.24) is 15.1 Å². The van der Waals surface area contributed by atoms with Gasteiger partial charge >= 0.3 is 0 Å². The summed E-state index contributed by atoms with van der Waals surface area (Å²) in [7, 11) is 1.92. The summed E-state index contributed by atoms with van der Waals surface area (Å²) in [6, 6.07) is 0.616. The minimum atomic E-state index is 0.287. The molecule has 2 aliphatic heterocycles. The molecule has 1 unspecified atom stereocenters. The third-order valence-electron chi connectivity index (χ3n) is 3.76. The molecule has 1 atom stereocenters. The normalized spacial score (nSPS) is 29.9. The molecule has 2 fully saturated rings. The molecule has 0 bridgehead atoms. The fourth-order valence-electron chi connectivity index (χ4n) is 2.69. The largest absolute Gasteiger partial charge is 0.345 e. The fraction of sp³-hybridized carbons (Fsp3) is 0.917. The number of hydrogen-bond acceptors (Lipinski definition) is 3. The number of rotatable bonds is 1. The number of carbonyl (C=O) groups is 1. The van der Waals surface area contributed by atoms with Gasteiger partial charge in [-0.05, 0) is 38.8 Å². The summed E-state index contributed by atoms with van der Waals surface area (Å²) in [5.74, 6) is 0.287. The Morgan fingerprint density at radius 1 is 1.19 bits per heavy atom. The molecule has 16 heavy (non-hydrogen) atoms. The smallest absolute Gasteiger partial charge is 0.236 e. The molecule has 2 aliphatic rings. The topological polar surface area (TPSA) is 35.6 Å². The van der Waals surface area contributed by atoms with Crippen molar-refractivity contribution < 1.29 is 4.79 Å². The van der Waals surface area contributed by atoms with Gasteiger partial charge in [-0.2, -0.15) is 0 Å². The van der Waals surface area contributed by atoms with Gasteiger partial charge in [0.15, 0.2) is 0 Å². The van der Waals surface area contributed by atoms with E-state index in [0.717, 1.165) is 32.6 Å². The van der Waals surface area contributed by atoms with Crippen molar-refractivity contribution in [3.63, 3.8) is 0 Å². The van der Waals surface area contributed by atoms with E-state index in [1.165, 1.54) is 19.3 Å². The van der Waals surface area contributed by atoms with E-state index in [4.69, 9.17) is 0 Å². The fourth-order valence-corrected chi connectivity index (χ4v) is 2.69. The molecule has 0 aromatic rings. The number of likely N-dealkylation sites (N-methyl/N-ethyl adjacent to an activating group) is 1. The van der Waals surface area contributed by atoms with Crippen molar-refractivity contribution in [2.24, 2.45) is 0 Å². The second-order valence-corrected chi connectivity index (χ2v) is 4.97. The summed E-state index contributed by atoms with van der Waals surface area (Å²) in [5, 5.41) is 3.43. The Morgan fingerprint density at radius 2 is 2.06 bits per heavy atom. The van der Waals surface area contributed by atoms with Gasteiger partial charge in [0.05, 0.1) is 6.54 Å². The summed E-state index contributed by atoms with van der Waals surface area (Å²) < 4.78 is 0. The van der Waals surface area contributed by atoms with E-state index in [0.29, 0.717) is 12.6 Å². The number of carbonyl (C=O) groups excluding carboxylic acids is 1. The van der Waals surface area contributed by atoms with Crippen LogP contribution in [0.25, 0.3) is 0 Å². The van der Waals surface area contributed by atoms with Gasteiger partial charge in [-0.3, -0.25) is 9.69 Å². The quantitative estimate of drug-likeness (QED) is 0.697. The average molecular weight is 225 g/mol. The van der Waals surface area contributed by atoms with Crippen LogP contribution >= 0.6 is 0 Å². The number of amides is 1. The molecule has 92 valence electrons. The van der Waals surface area contributed by atoms with Gasteiger partial charge in [0.1, 0.15) is 0 Å². The molecule has 0 spiro atoms. The molecular weight excluding hydrogens is 202 g/mol. The van der Waals surface area contributed by atoms with Crippen molar-refractivity contribution >= 4 is 5.91 Å². The van der Waals surface area contributed by atoms with Gasteiger partial charge in [-0.1, -0.05) is 0 Å². The maximum absolute atomic E-state index is 11.8. The second kappa shape index (κ2) is 5.64. The molecule has 2 saturated heterocycles. The predicted octanol–water partition coefficient (Wildman–Crippen LogP) is 0.293. The Balaban J connectivity index is 1.93. The van der Waals surface area contributed by atoms with Crippen LogP contribution < -0.4 is 5.32 Å². The molecule has 4 nitrogen and oxygen atoms in total. The highest BCUT2D eigenvalue weighted by molar-refractivity contribution is 5.78. The minimum Gasteiger partial charge on any atom is -0.345 e. The Hall–Kier alpha value is -0.610. The first-order chi connectivity index (χ1) is 7.77. The van der Waals surface area contributed by atoms with Gasteiger partial charge in [0, 0.05) is 26.2 Å². The van der Waals surface area contributed by atoms with Crippen LogP contribution in [-0.2, 0) is 4.79 Å². The Bertz CT molecular complexity index is 236. The lowest BCUT2D eigenvalue weighted by atomic mass is 10.1. The Labute approximate surface area is 98.0 Å². The molecule has 0 saturated carbocycles. The molecule has 0 aliphatic carbocycles. The van der Waals surface area contributed by atoms with Gasteiger partial charge in [0.25, 0.3) is 0 Å². The van der Waals surface area contributed by atoms with Gasteiger partial charge in [0.2, 0.25) is 5.91 Å². The van der Waals surface area contributed by atoms with Crippen LogP contribution in [0.15, 0.2) is 0 Å². The van der Waals surface area contributed by atoms with E-state index in [1.54, 1.807) is 0 Å². The summed E-state index contributed by atoms with van der Waals surface area (Å²) in [6.45, 7) is 4.87. The van der Waals surface area contributed by atoms with Crippen LogP contribution in [0.2, 0.25) is 0 Å². The Morgan fingerprint density at radius 3 is 2.94 bits per heavy atom. The highest BCUT2D eigenvalue weighted by atomic mass is 16.2. The zero-order chi connectivity index (χ0) is 11.4. The first-order valence-electron chi connectivity index (χ1n) is 6.46. The molecule has 1 N–H and O–H groups in total. The number of nitrogens with one attached hydrogen (secondary N) is 1. The first kappa shape index (κ1) is 11.9. The Kier molecular flexibility index (Phi) is 4.18. The molecule has 2 heterocycles. The maximum atomic E-state index is 11.8. The van der Waals surface area contributed by atoms with E-state index in [9.17, 15) is 4.79 Å². The van der Waals surface area contributed by atoms with E-state index in [-0.39, 0.29) is 5.91 Å². The van der Waals surface area contributed by atoms with E-state index >= 15 is 0 Å². The van der Waals surface area contributed by atoms with Gasteiger partial charge in [-0.25, -0.2) is 0 Å².